The van der Waals surface area contributed by atoms with Crippen LogP contribution in [0.3, 0.4) is 0 Å². The standard InChI is InChI=1S/C10H17N3/c1-10(2,3)9-5-8(6-11-4)12-7-13-9/h5,7,11H,6H2,1-4H3. The summed E-state index contributed by atoms with van der Waals surface area (Å²) in [6.07, 6.45) is 1.63. The van der Waals surface area contributed by atoms with E-state index in [1.807, 2.05) is 7.05 Å². The van der Waals surface area contributed by atoms with Gasteiger partial charge in [0, 0.05) is 17.7 Å². The third-order valence-electron chi connectivity index (χ3n) is 1.85. The second-order valence-electron chi connectivity index (χ2n) is 4.17. The molecule has 0 unspecified atom stereocenters. The van der Waals surface area contributed by atoms with Crippen LogP contribution in [0.2, 0.25) is 0 Å². The second kappa shape index (κ2) is 3.83. The summed E-state index contributed by atoms with van der Waals surface area (Å²) in [5, 5.41) is 3.07. The third-order valence-corrected chi connectivity index (χ3v) is 1.85. The summed E-state index contributed by atoms with van der Waals surface area (Å²) in [7, 11) is 1.92. The summed E-state index contributed by atoms with van der Waals surface area (Å²) in [6, 6.07) is 2.05. The van der Waals surface area contributed by atoms with Crippen LogP contribution in [0.4, 0.5) is 0 Å². The molecule has 0 spiro atoms. The molecule has 1 heterocycles. The van der Waals surface area contributed by atoms with E-state index in [4.69, 9.17) is 0 Å². The van der Waals surface area contributed by atoms with Gasteiger partial charge < -0.3 is 5.32 Å². The van der Waals surface area contributed by atoms with E-state index in [0.717, 1.165) is 17.9 Å². The molecule has 0 aliphatic heterocycles. The first-order valence-electron chi connectivity index (χ1n) is 4.50. The molecule has 3 heteroatoms. The van der Waals surface area contributed by atoms with Crippen molar-refractivity contribution < 1.29 is 0 Å². The highest BCUT2D eigenvalue weighted by molar-refractivity contribution is 5.15. The average Bonchev–Trinajstić information content (AvgIpc) is 2.04. The zero-order valence-corrected chi connectivity index (χ0v) is 8.76. The van der Waals surface area contributed by atoms with Gasteiger partial charge in [0.1, 0.15) is 6.33 Å². The number of aromatic nitrogens is 2. The summed E-state index contributed by atoms with van der Waals surface area (Å²) in [6.45, 7) is 7.25. The van der Waals surface area contributed by atoms with Crippen LogP contribution >= 0.6 is 0 Å². The first-order chi connectivity index (χ1) is 6.04. The van der Waals surface area contributed by atoms with Gasteiger partial charge in [-0.1, -0.05) is 20.8 Å². The Balaban J connectivity index is 2.92. The smallest absolute Gasteiger partial charge is 0.116 e. The van der Waals surface area contributed by atoms with Crippen molar-refractivity contribution in [1.29, 1.82) is 0 Å². The van der Waals surface area contributed by atoms with Gasteiger partial charge in [0.05, 0.1) is 5.69 Å². The van der Waals surface area contributed by atoms with Gasteiger partial charge in [-0.25, -0.2) is 9.97 Å². The Bertz CT molecular complexity index is 276. The van der Waals surface area contributed by atoms with E-state index in [-0.39, 0.29) is 5.41 Å². The molecular formula is C10H17N3. The molecule has 1 aromatic rings. The molecule has 1 rings (SSSR count). The van der Waals surface area contributed by atoms with Gasteiger partial charge in [-0.15, -0.1) is 0 Å². The fraction of sp³-hybridized carbons (Fsp3) is 0.600. The molecule has 0 saturated heterocycles. The monoisotopic (exact) mass is 179 g/mol. The molecule has 0 saturated carbocycles. The van der Waals surface area contributed by atoms with Crippen LogP contribution in [0.1, 0.15) is 32.2 Å². The van der Waals surface area contributed by atoms with Crippen molar-refractivity contribution in [1.82, 2.24) is 15.3 Å². The van der Waals surface area contributed by atoms with Crippen molar-refractivity contribution >= 4 is 0 Å². The highest BCUT2D eigenvalue weighted by Crippen LogP contribution is 2.19. The van der Waals surface area contributed by atoms with E-state index in [0.29, 0.717) is 0 Å². The van der Waals surface area contributed by atoms with Gasteiger partial charge in [-0.05, 0) is 13.1 Å². The second-order valence-corrected chi connectivity index (χ2v) is 4.17. The van der Waals surface area contributed by atoms with Gasteiger partial charge in [0.25, 0.3) is 0 Å². The molecule has 0 aromatic carbocycles. The molecular weight excluding hydrogens is 162 g/mol. The van der Waals surface area contributed by atoms with E-state index in [1.54, 1.807) is 6.33 Å². The van der Waals surface area contributed by atoms with Crippen LogP contribution in [-0.2, 0) is 12.0 Å². The quantitative estimate of drug-likeness (QED) is 0.747. The highest BCUT2D eigenvalue weighted by Gasteiger charge is 2.15. The van der Waals surface area contributed by atoms with Crippen molar-refractivity contribution in [3.8, 4) is 0 Å². The fourth-order valence-electron chi connectivity index (χ4n) is 1.09. The Hall–Kier alpha value is -0.960. The molecule has 0 bridgehead atoms. The Kier molecular flexibility index (Phi) is 2.98. The average molecular weight is 179 g/mol. The first-order valence-corrected chi connectivity index (χ1v) is 4.50. The lowest BCUT2D eigenvalue weighted by Crippen LogP contribution is -2.16. The molecule has 0 aliphatic carbocycles. The third kappa shape index (κ3) is 2.77. The van der Waals surface area contributed by atoms with Crippen molar-refractivity contribution in [2.75, 3.05) is 7.05 Å². The molecule has 3 nitrogen and oxygen atoms in total. The predicted molar refractivity (Wildman–Crippen MR) is 53.5 cm³/mol. The Morgan fingerprint density at radius 1 is 1.31 bits per heavy atom. The predicted octanol–water partition coefficient (Wildman–Crippen LogP) is 1.49. The maximum absolute atomic E-state index is 4.25. The normalized spacial score (nSPS) is 11.7. The van der Waals surface area contributed by atoms with E-state index < -0.39 is 0 Å². The molecule has 0 radical (unpaired) electrons. The van der Waals surface area contributed by atoms with E-state index in [9.17, 15) is 0 Å². The number of rotatable bonds is 2. The van der Waals surface area contributed by atoms with Crippen molar-refractivity contribution in [2.24, 2.45) is 0 Å². The summed E-state index contributed by atoms with van der Waals surface area (Å²) in [5.74, 6) is 0. The van der Waals surface area contributed by atoms with Crippen LogP contribution in [0.25, 0.3) is 0 Å². The molecule has 0 fully saturated rings. The van der Waals surface area contributed by atoms with Crippen molar-refractivity contribution in [3.63, 3.8) is 0 Å². The van der Waals surface area contributed by atoms with Crippen LogP contribution in [0, 0.1) is 0 Å². The molecule has 0 atom stereocenters. The lowest BCUT2D eigenvalue weighted by atomic mass is 9.91. The summed E-state index contributed by atoms with van der Waals surface area (Å²) in [5.41, 5.74) is 2.24. The van der Waals surface area contributed by atoms with E-state index in [1.165, 1.54) is 0 Å². The molecule has 0 aliphatic rings. The van der Waals surface area contributed by atoms with Crippen LogP contribution in [0.15, 0.2) is 12.4 Å². The number of hydrogen-bond acceptors (Lipinski definition) is 3. The zero-order valence-electron chi connectivity index (χ0n) is 8.76. The number of nitrogens with one attached hydrogen (secondary N) is 1. The Labute approximate surface area is 79.6 Å². The van der Waals surface area contributed by atoms with Gasteiger partial charge in [0.15, 0.2) is 0 Å². The number of nitrogens with zero attached hydrogens (tertiary/aromatic N) is 2. The maximum atomic E-state index is 4.25. The summed E-state index contributed by atoms with van der Waals surface area (Å²) < 4.78 is 0. The van der Waals surface area contributed by atoms with Gasteiger partial charge in [-0.3, -0.25) is 0 Å². The zero-order chi connectivity index (χ0) is 9.90. The van der Waals surface area contributed by atoms with E-state index in [2.05, 4.69) is 42.1 Å². The highest BCUT2D eigenvalue weighted by atomic mass is 14.9. The molecule has 1 N–H and O–H groups in total. The fourth-order valence-corrected chi connectivity index (χ4v) is 1.09. The summed E-state index contributed by atoms with van der Waals surface area (Å²) >= 11 is 0. The first kappa shape index (κ1) is 10.1. The molecule has 1 aromatic heterocycles. The lowest BCUT2D eigenvalue weighted by Gasteiger charge is -2.17. The largest absolute Gasteiger partial charge is 0.314 e. The Morgan fingerprint density at radius 2 is 2.00 bits per heavy atom. The molecule has 72 valence electrons. The Morgan fingerprint density at radius 3 is 2.54 bits per heavy atom. The van der Waals surface area contributed by atoms with Crippen LogP contribution in [-0.4, -0.2) is 17.0 Å². The topological polar surface area (TPSA) is 37.8 Å². The van der Waals surface area contributed by atoms with Gasteiger partial charge in [0.2, 0.25) is 0 Å². The SMILES string of the molecule is CNCc1cc(C(C)(C)C)ncn1. The minimum Gasteiger partial charge on any atom is -0.314 e. The molecule has 13 heavy (non-hydrogen) atoms. The van der Waals surface area contributed by atoms with Gasteiger partial charge >= 0.3 is 0 Å². The van der Waals surface area contributed by atoms with Crippen molar-refractivity contribution in [2.45, 2.75) is 32.7 Å². The van der Waals surface area contributed by atoms with Gasteiger partial charge in [-0.2, -0.15) is 0 Å². The lowest BCUT2D eigenvalue weighted by molar-refractivity contribution is 0.563. The van der Waals surface area contributed by atoms with Crippen LogP contribution in [0.5, 0.6) is 0 Å². The number of hydrogen-bond donors (Lipinski definition) is 1. The minimum atomic E-state index is 0.103. The maximum Gasteiger partial charge on any atom is 0.116 e. The van der Waals surface area contributed by atoms with E-state index >= 15 is 0 Å². The van der Waals surface area contributed by atoms with Crippen LogP contribution < -0.4 is 5.32 Å². The summed E-state index contributed by atoms with van der Waals surface area (Å²) in [4.78, 5) is 8.42. The van der Waals surface area contributed by atoms with Crippen molar-refractivity contribution in [3.05, 3.63) is 23.8 Å². The minimum absolute atomic E-state index is 0.103. The molecule has 0 amide bonds.